The van der Waals surface area contributed by atoms with E-state index in [4.69, 9.17) is 9.26 Å². The number of rotatable bonds is 10. The van der Waals surface area contributed by atoms with Crippen LogP contribution >= 0.6 is 0 Å². The van der Waals surface area contributed by atoms with E-state index in [9.17, 15) is 10.2 Å². The molecule has 0 bridgehead atoms. The Morgan fingerprint density at radius 1 is 1.13 bits per heavy atom. The fraction of sp³-hybridized carbons (Fsp3) is 0.292. The van der Waals surface area contributed by atoms with E-state index >= 15 is 0 Å². The van der Waals surface area contributed by atoms with Gasteiger partial charge in [0.05, 0.1) is 5.69 Å². The van der Waals surface area contributed by atoms with Crippen LogP contribution in [0.1, 0.15) is 29.5 Å². The van der Waals surface area contributed by atoms with E-state index in [-0.39, 0.29) is 18.4 Å². The van der Waals surface area contributed by atoms with Crippen molar-refractivity contribution in [1.29, 1.82) is 0 Å². The lowest BCUT2D eigenvalue weighted by atomic mass is 10.1. The summed E-state index contributed by atoms with van der Waals surface area (Å²) in [6.07, 6.45) is 3.91. The maximum atomic E-state index is 10.3. The number of nitrogens with one attached hydrogen (secondary N) is 1. The quantitative estimate of drug-likeness (QED) is 0.473. The van der Waals surface area contributed by atoms with E-state index < -0.39 is 6.10 Å². The molecule has 0 radical (unpaired) electrons. The number of phenolic OH excluding ortho intramolecular Hbond substituents is 1. The number of benzene rings is 2. The van der Waals surface area contributed by atoms with Crippen LogP contribution in [0.2, 0.25) is 0 Å². The first-order chi connectivity index (χ1) is 14.5. The van der Waals surface area contributed by atoms with Crippen molar-refractivity contribution in [2.45, 2.75) is 32.4 Å². The van der Waals surface area contributed by atoms with E-state index in [0.717, 1.165) is 23.2 Å². The minimum Gasteiger partial charge on any atom is -0.508 e. The second-order valence-electron chi connectivity index (χ2n) is 7.39. The molecule has 158 valence electrons. The van der Waals surface area contributed by atoms with E-state index in [1.807, 2.05) is 61.5 Å². The molecule has 30 heavy (non-hydrogen) atoms. The Balaban J connectivity index is 1.46. The fourth-order valence-electron chi connectivity index (χ4n) is 3.02. The molecule has 6 nitrogen and oxygen atoms in total. The predicted octanol–water partition coefficient (Wildman–Crippen LogP) is 3.82. The molecule has 0 aliphatic rings. The van der Waals surface area contributed by atoms with Gasteiger partial charge in [0.1, 0.15) is 24.2 Å². The highest BCUT2D eigenvalue weighted by atomic mass is 16.5. The molecule has 0 aliphatic heterocycles. The van der Waals surface area contributed by atoms with Crippen LogP contribution in [0.25, 0.3) is 12.2 Å². The lowest BCUT2D eigenvalue weighted by Gasteiger charge is -2.18. The Bertz CT molecular complexity index is 950. The van der Waals surface area contributed by atoms with Crippen molar-refractivity contribution >= 4 is 12.2 Å². The molecule has 0 aliphatic carbocycles. The average Bonchev–Trinajstić information content (AvgIpc) is 3.16. The number of hydrogen-bond acceptors (Lipinski definition) is 6. The molecule has 2 aromatic carbocycles. The third-order valence-corrected chi connectivity index (χ3v) is 4.60. The smallest absolute Gasteiger partial charge is 0.159 e. The van der Waals surface area contributed by atoms with Crippen LogP contribution in [-0.2, 0) is 6.42 Å². The molecule has 6 heteroatoms. The van der Waals surface area contributed by atoms with Gasteiger partial charge in [-0.25, -0.2) is 0 Å². The van der Waals surface area contributed by atoms with Crippen LogP contribution < -0.4 is 10.1 Å². The Labute approximate surface area is 176 Å². The van der Waals surface area contributed by atoms with Gasteiger partial charge in [-0.2, -0.15) is 0 Å². The Hall–Kier alpha value is -3.09. The standard InChI is InChI=1S/C24H28N2O4/c1-17(13-19-7-10-21(27)11-8-19)25-15-22(28)16-29-24-6-4-3-5-20(24)9-12-23-14-18(2)26-30-23/h3-12,14,17,22,25,27-28H,13,15-16H2,1-2H3/b12-9-. The summed E-state index contributed by atoms with van der Waals surface area (Å²) in [6.45, 7) is 4.55. The average molecular weight is 408 g/mol. The van der Waals surface area contributed by atoms with Crippen LogP contribution in [0, 0.1) is 6.92 Å². The van der Waals surface area contributed by atoms with Crippen molar-refractivity contribution < 1.29 is 19.5 Å². The normalized spacial score (nSPS) is 13.4. The summed E-state index contributed by atoms with van der Waals surface area (Å²) in [5.41, 5.74) is 2.85. The van der Waals surface area contributed by atoms with Crippen LogP contribution in [0.3, 0.4) is 0 Å². The first-order valence-corrected chi connectivity index (χ1v) is 10.0. The number of aliphatic hydroxyl groups excluding tert-OH is 1. The third-order valence-electron chi connectivity index (χ3n) is 4.60. The zero-order valence-electron chi connectivity index (χ0n) is 17.3. The molecular weight excluding hydrogens is 380 g/mol. The number of aromatic nitrogens is 1. The number of aromatic hydroxyl groups is 1. The van der Waals surface area contributed by atoms with Gasteiger partial charge in [0, 0.05) is 24.2 Å². The third kappa shape index (κ3) is 6.76. The first-order valence-electron chi connectivity index (χ1n) is 10.0. The van der Waals surface area contributed by atoms with Crippen molar-refractivity contribution in [2.75, 3.05) is 13.2 Å². The molecule has 1 aromatic heterocycles. The molecule has 0 saturated heterocycles. The van der Waals surface area contributed by atoms with Gasteiger partial charge in [-0.15, -0.1) is 0 Å². The summed E-state index contributed by atoms with van der Waals surface area (Å²) in [5, 5.41) is 26.8. The summed E-state index contributed by atoms with van der Waals surface area (Å²) < 4.78 is 11.0. The summed E-state index contributed by atoms with van der Waals surface area (Å²) >= 11 is 0. The summed E-state index contributed by atoms with van der Waals surface area (Å²) in [5.74, 6) is 1.63. The number of aliphatic hydroxyl groups is 1. The number of para-hydroxylation sites is 1. The molecule has 0 spiro atoms. The summed E-state index contributed by atoms with van der Waals surface area (Å²) in [6, 6.07) is 16.9. The van der Waals surface area contributed by atoms with Crippen LogP contribution in [0.15, 0.2) is 59.1 Å². The SMILES string of the molecule is Cc1cc(/C=C\c2ccccc2OCC(O)CNC(C)Cc2ccc(O)cc2)on1. The van der Waals surface area contributed by atoms with Gasteiger partial charge in [0.15, 0.2) is 5.76 Å². The van der Waals surface area contributed by atoms with Gasteiger partial charge in [-0.3, -0.25) is 0 Å². The van der Waals surface area contributed by atoms with E-state index in [0.29, 0.717) is 18.1 Å². The predicted molar refractivity (Wildman–Crippen MR) is 117 cm³/mol. The minimum atomic E-state index is -0.638. The van der Waals surface area contributed by atoms with Crippen molar-refractivity contribution in [3.63, 3.8) is 0 Å². The molecular formula is C24H28N2O4. The Morgan fingerprint density at radius 2 is 1.90 bits per heavy atom. The second-order valence-corrected chi connectivity index (χ2v) is 7.39. The van der Waals surface area contributed by atoms with Crippen molar-refractivity contribution in [3.05, 3.63) is 77.2 Å². The lowest BCUT2D eigenvalue weighted by Crippen LogP contribution is -2.37. The van der Waals surface area contributed by atoms with E-state index in [1.165, 1.54) is 0 Å². The molecule has 0 amide bonds. The van der Waals surface area contributed by atoms with Crippen LogP contribution in [-0.4, -0.2) is 40.7 Å². The van der Waals surface area contributed by atoms with Gasteiger partial charge < -0.3 is 24.8 Å². The maximum absolute atomic E-state index is 10.3. The number of phenols is 1. The summed E-state index contributed by atoms with van der Waals surface area (Å²) in [7, 11) is 0. The van der Waals surface area contributed by atoms with Gasteiger partial charge >= 0.3 is 0 Å². The largest absolute Gasteiger partial charge is 0.508 e. The maximum Gasteiger partial charge on any atom is 0.159 e. The number of aryl methyl sites for hydroxylation is 1. The highest BCUT2D eigenvalue weighted by molar-refractivity contribution is 5.70. The van der Waals surface area contributed by atoms with Crippen molar-refractivity contribution in [2.24, 2.45) is 0 Å². The van der Waals surface area contributed by atoms with Crippen LogP contribution in [0.5, 0.6) is 11.5 Å². The molecule has 3 N–H and O–H groups in total. The molecule has 3 rings (SSSR count). The van der Waals surface area contributed by atoms with Gasteiger partial charge in [-0.1, -0.05) is 35.5 Å². The van der Waals surface area contributed by atoms with Gasteiger partial charge in [-0.05, 0) is 56.2 Å². The molecule has 3 aromatic rings. The zero-order chi connectivity index (χ0) is 21.3. The molecule has 0 saturated carbocycles. The fourth-order valence-corrected chi connectivity index (χ4v) is 3.02. The minimum absolute atomic E-state index is 0.185. The molecule has 2 atom stereocenters. The van der Waals surface area contributed by atoms with Crippen molar-refractivity contribution in [1.82, 2.24) is 10.5 Å². The number of ether oxygens (including phenoxy) is 1. The van der Waals surface area contributed by atoms with E-state index in [1.54, 1.807) is 12.1 Å². The van der Waals surface area contributed by atoms with Crippen LogP contribution in [0.4, 0.5) is 0 Å². The lowest BCUT2D eigenvalue weighted by molar-refractivity contribution is 0.104. The Morgan fingerprint density at radius 3 is 2.63 bits per heavy atom. The Kier molecular flexibility index (Phi) is 7.65. The number of nitrogens with zero attached hydrogens (tertiary/aromatic N) is 1. The topological polar surface area (TPSA) is 87.8 Å². The monoisotopic (exact) mass is 408 g/mol. The molecule has 2 unspecified atom stereocenters. The molecule has 0 fully saturated rings. The van der Waals surface area contributed by atoms with Gasteiger partial charge in [0.25, 0.3) is 0 Å². The first kappa shape index (κ1) is 21.6. The van der Waals surface area contributed by atoms with E-state index in [2.05, 4.69) is 17.4 Å². The molecule has 1 heterocycles. The second kappa shape index (κ2) is 10.6. The summed E-state index contributed by atoms with van der Waals surface area (Å²) in [4.78, 5) is 0. The highest BCUT2D eigenvalue weighted by Gasteiger charge is 2.10. The number of hydrogen-bond donors (Lipinski definition) is 3. The zero-order valence-corrected chi connectivity index (χ0v) is 17.3. The van der Waals surface area contributed by atoms with Gasteiger partial charge in [0.2, 0.25) is 0 Å². The highest BCUT2D eigenvalue weighted by Crippen LogP contribution is 2.21. The van der Waals surface area contributed by atoms with Crippen molar-refractivity contribution in [3.8, 4) is 11.5 Å².